The van der Waals surface area contributed by atoms with Crippen molar-refractivity contribution in [2.24, 2.45) is 0 Å². The van der Waals surface area contributed by atoms with E-state index in [2.05, 4.69) is 4.98 Å². The molecule has 3 aromatic rings. The highest BCUT2D eigenvalue weighted by Gasteiger charge is 2.22. The smallest absolute Gasteiger partial charge is 0.312 e. The number of pyridine rings is 1. The van der Waals surface area contributed by atoms with Crippen LogP contribution in [0.2, 0.25) is 0 Å². The Labute approximate surface area is 156 Å². The molecular formula is C21H18N2O4. The summed E-state index contributed by atoms with van der Waals surface area (Å²) in [6.07, 6.45) is -0.636. The molecule has 3 rings (SSSR count). The molecule has 0 spiro atoms. The number of carboxylic acid groups (broad SMARTS) is 1. The summed E-state index contributed by atoms with van der Waals surface area (Å²) in [6, 6.07) is 21.7. The van der Waals surface area contributed by atoms with Crippen molar-refractivity contribution in [1.29, 1.82) is 0 Å². The van der Waals surface area contributed by atoms with Gasteiger partial charge in [0.25, 0.3) is 0 Å². The summed E-state index contributed by atoms with van der Waals surface area (Å²) >= 11 is 0. The molecule has 6 heteroatoms. The summed E-state index contributed by atoms with van der Waals surface area (Å²) in [5, 5.41) is 9.05. The number of benzene rings is 2. The van der Waals surface area contributed by atoms with E-state index in [4.69, 9.17) is 9.84 Å². The van der Waals surface area contributed by atoms with Gasteiger partial charge in [-0.05, 0) is 36.4 Å². The number of carbonyl (C=O) groups excluding carboxylic acids is 1. The Balaban J connectivity index is 2.04. The number of nitrogens with zero attached hydrogens (tertiary/aromatic N) is 2. The number of carbonyl (C=O) groups is 2. The second-order valence-corrected chi connectivity index (χ2v) is 5.74. The van der Waals surface area contributed by atoms with E-state index < -0.39 is 18.3 Å². The number of ether oxygens (including phenoxy) is 1. The third kappa shape index (κ3) is 4.30. The number of methoxy groups -OCH3 is 1. The molecule has 0 aliphatic heterocycles. The molecule has 27 heavy (non-hydrogen) atoms. The third-order valence-corrected chi connectivity index (χ3v) is 3.92. The van der Waals surface area contributed by atoms with E-state index in [1.54, 1.807) is 43.5 Å². The first kappa shape index (κ1) is 18.1. The van der Waals surface area contributed by atoms with Gasteiger partial charge in [-0.1, -0.05) is 36.4 Å². The largest absolute Gasteiger partial charge is 0.497 e. The minimum absolute atomic E-state index is 0.354. The molecule has 0 radical (unpaired) electrons. The Kier molecular flexibility index (Phi) is 5.47. The molecular weight excluding hydrogens is 344 g/mol. The lowest BCUT2D eigenvalue weighted by Gasteiger charge is -2.22. The highest BCUT2D eigenvalue weighted by molar-refractivity contribution is 6.07. The van der Waals surface area contributed by atoms with Gasteiger partial charge in [-0.3, -0.25) is 14.5 Å². The van der Waals surface area contributed by atoms with Crippen molar-refractivity contribution in [3.8, 4) is 17.0 Å². The summed E-state index contributed by atoms with van der Waals surface area (Å²) in [4.78, 5) is 29.6. The zero-order valence-electron chi connectivity index (χ0n) is 14.7. The van der Waals surface area contributed by atoms with Gasteiger partial charge >= 0.3 is 5.97 Å². The topological polar surface area (TPSA) is 79.7 Å². The minimum Gasteiger partial charge on any atom is -0.497 e. The van der Waals surface area contributed by atoms with Crippen LogP contribution in [0.1, 0.15) is 6.42 Å². The van der Waals surface area contributed by atoms with Gasteiger partial charge in [0.1, 0.15) is 18.0 Å². The predicted octanol–water partition coefficient (Wildman–Crippen LogP) is 3.90. The molecule has 2 aromatic carbocycles. The lowest BCUT2D eigenvalue weighted by atomic mass is 10.1. The van der Waals surface area contributed by atoms with Gasteiger partial charge in [-0.25, -0.2) is 4.98 Å². The Bertz CT molecular complexity index is 940. The molecule has 6 nitrogen and oxygen atoms in total. The van der Waals surface area contributed by atoms with Crippen LogP contribution in [0, 0.1) is 0 Å². The Morgan fingerprint density at radius 1 is 0.963 bits per heavy atom. The number of anilines is 2. The van der Waals surface area contributed by atoms with Crippen LogP contribution in [-0.2, 0) is 9.59 Å². The Morgan fingerprint density at radius 3 is 2.30 bits per heavy atom. The summed E-state index contributed by atoms with van der Waals surface area (Å²) in [5.41, 5.74) is 2.11. The molecule has 0 atom stereocenters. The van der Waals surface area contributed by atoms with Crippen LogP contribution in [0.5, 0.6) is 5.75 Å². The molecule has 136 valence electrons. The average Bonchev–Trinajstić information content (AvgIpc) is 2.69. The van der Waals surface area contributed by atoms with Crippen LogP contribution >= 0.6 is 0 Å². The van der Waals surface area contributed by atoms with E-state index in [1.807, 2.05) is 36.4 Å². The van der Waals surface area contributed by atoms with Crippen LogP contribution in [-0.4, -0.2) is 29.1 Å². The molecule has 0 aliphatic rings. The fourth-order valence-corrected chi connectivity index (χ4v) is 2.66. The minimum atomic E-state index is -1.20. The highest BCUT2D eigenvalue weighted by Crippen LogP contribution is 2.28. The first-order valence-corrected chi connectivity index (χ1v) is 8.30. The van der Waals surface area contributed by atoms with E-state index >= 15 is 0 Å². The molecule has 1 heterocycles. The third-order valence-electron chi connectivity index (χ3n) is 3.92. The standard InChI is InChI=1S/C21H18N2O4/c1-27-17-12-10-16(11-13-17)23(20(24)14-21(25)26)19-9-5-8-18(22-19)15-6-3-2-4-7-15/h2-13H,14H2,1H3,(H,25,26). The van der Waals surface area contributed by atoms with Crippen molar-refractivity contribution in [2.75, 3.05) is 12.0 Å². The van der Waals surface area contributed by atoms with Crippen molar-refractivity contribution in [3.63, 3.8) is 0 Å². The van der Waals surface area contributed by atoms with E-state index in [1.165, 1.54) is 4.90 Å². The van der Waals surface area contributed by atoms with Gasteiger partial charge in [0.2, 0.25) is 5.91 Å². The number of rotatable bonds is 6. The molecule has 0 bridgehead atoms. The van der Waals surface area contributed by atoms with Crippen molar-refractivity contribution in [2.45, 2.75) is 6.42 Å². The Hall–Kier alpha value is -3.67. The predicted molar refractivity (Wildman–Crippen MR) is 102 cm³/mol. The van der Waals surface area contributed by atoms with Gasteiger partial charge in [0, 0.05) is 5.56 Å². The van der Waals surface area contributed by atoms with Gasteiger partial charge < -0.3 is 9.84 Å². The zero-order chi connectivity index (χ0) is 19.2. The molecule has 0 fully saturated rings. The van der Waals surface area contributed by atoms with Crippen LogP contribution in [0.25, 0.3) is 11.3 Å². The molecule has 0 saturated carbocycles. The van der Waals surface area contributed by atoms with Crippen LogP contribution in [0.3, 0.4) is 0 Å². The highest BCUT2D eigenvalue weighted by atomic mass is 16.5. The number of amides is 1. The molecule has 0 aliphatic carbocycles. The van der Waals surface area contributed by atoms with Crippen molar-refractivity contribution in [3.05, 3.63) is 72.8 Å². The van der Waals surface area contributed by atoms with Crippen molar-refractivity contribution < 1.29 is 19.4 Å². The maximum atomic E-state index is 12.6. The quantitative estimate of drug-likeness (QED) is 0.673. The number of carboxylic acids is 1. The SMILES string of the molecule is COc1ccc(N(C(=O)CC(=O)O)c2cccc(-c3ccccc3)n2)cc1. The summed E-state index contributed by atoms with van der Waals surface area (Å²) < 4.78 is 5.14. The second kappa shape index (κ2) is 8.14. The lowest BCUT2D eigenvalue weighted by Crippen LogP contribution is -2.28. The summed E-state index contributed by atoms with van der Waals surface area (Å²) in [6.45, 7) is 0. The van der Waals surface area contributed by atoms with Crippen LogP contribution < -0.4 is 9.64 Å². The fraction of sp³-hybridized carbons (Fsp3) is 0.0952. The maximum absolute atomic E-state index is 12.6. The van der Waals surface area contributed by atoms with Crippen LogP contribution in [0.15, 0.2) is 72.8 Å². The van der Waals surface area contributed by atoms with E-state index in [-0.39, 0.29) is 0 Å². The fourth-order valence-electron chi connectivity index (χ4n) is 2.66. The van der Waals surface area contributed by atoms with E-state index in [9.17, 15) is 9.59 Å². The lowest BCUT2D eigenvalue weighted by molar-refractivity contribution is -0.139. The summed E-state index contributed by atoms with van der Waals surface area (Å²) in [7, 11) is 1.55. The first-order valence-electron chi connectivity index (χ1n) is 8.30. The number of hydrogen-bond donors (Lipinski definition) is 1. The van der Waals surface area contributed by atoms with Crippen molar-refractivity contribution >= 4 is 23.4 Å². The molecule has 1 N–H and O–H groups in total. The molecule has 1 amide bonds. The van der Waals surface area contributed by atoms with Gasteiger partial charge in [0.05, 0.1) is 18.5 Å². The number of aromatic nitrogens is 1. The Morgan fingerprint density at radius 2 is 1.67 bits per heavy atom. The van der Waals surface area contributed by atoms with E-state index in [0.717, 1.165) is 5.56 Å². The molecule has 1 aromatic heterocycles. The van der Waals surface area contributed by atoms with Gasteiger partial charge in [-0.15, -0.1) is 0 Å². The van der Waals surface area contributed by atoms with Gasteiger partial charge in [-0.2, -0.15) is 0 Å². The monoisotopic (exact) mass is 362 g/mol. The molecule has 0 unspecified atom stereocenters. The van der Waals surface area contributed by atoms with Crippen molar-refractivity contribution in [1.82, 2.24) is 4.98 Å². The average molecular weight is 362 g/mol. The maximum Gasteiger partial charge on any atom is 0.312 e. The first-order chi connectivity index (χ1) is 13.1. The zero-order valence-corrected chi connectivity index (χ0v) is 14.7. The summed E-state index contributed by atoms with van der Waals surface area (Å²) in [5.74, 6) is -0.786. The number of aliphatic carboxylic acids is 1. The van der Waals surface area contributed by atoms with Gasteiger partial charge in [0.15, 0.2) is 0 Å². The molecule has 0 saturated heterocycles. The normalized spacial score (nSPS) is 10.3. The van der Waals surface area contributed by atoms with E-state index in [0.29, 0.717) is 22.9 Å². The number of hydrogen-bond acceptors (Lipinski definition) is 4. The second-order valence-electron chi connectivity index (χ2n) is 5.74. The van der Waals surface area contributed by atoms with Crippen LogP contribution in [0.4, 0.5) is 11.5 Å².